The Hall–Kier alpha value is -1.83. The summed E-state index contributed by atoms with van der Waals surface area (Å²) in [5, 5.41) is 9.65. The maximum atomic E-state index is 13.4. The maximum absolute atomic E-state index is 13.4. The van der Waals surface area contributed by atoms with Crippen molar-refractivity contribution in [3.63, 3.8) is 0 Å². The molecule has 0 unspecified atom stereocenters. The molecule has 0 amide bonds. The first-order chi connectivity index (χ1) is 13.0. The quantitative estimate of drug-likeness (QED) is 0.517. The third kappa shape index (κ3) is 4.72. The molecule has 142 valence electrons. The molecule has 1 aromatic heterocycles. The van der Waals surface area contributed by atoms with E-state index in [0.717, 1.165) is 22.4 Å². The minimum atomic E-state index is -0.253. The molecule has 0 fully saturated rings. The molecule has 27 heavy (non-hydrogen) atoms. The molecule has 0 aliphatic heterocycles. The van der Waals surface area contributed by atoms with Gasteiger partial charge in [-0.3, -0.25) is 9.47 Å². The molecule has 4 nitrogen and oxygen atoms in total. The highest BCUT2D eigenvalue weighted by molar-refractivity contribution is 7.98. The van der Waals surface area contributed by atoms with Crippen molar-refractivity contribution in [1.29, 1.82) is 0 Å². The third-order valence-electron chi connectivity index (χ3n) is 4.42. The molecule has 0 spiro atoms. The molecule has 1 atom stereocenters. The number of halogens is 1. The summed E-state index contributed by atoms with van der Waals surface area (Å²) in [5.41, 5.74) is 2.10. The SMILES string of the molecule is CSc1ccc(CSc2nnc([C@@H](C)N(C)C)n2-c2ccc(F)cc2)cc1. The first-order valence-corrected chi connectivity index (χ1v) is 10.8. The van der Waals surface area contributed by atoms with Gasteiger partial charge in [-0.2, -0.15) is 0 Å². The van der Waals surface area contributed by atoms with Gasteiger partial charge in [-0.1, -0.05) is 23.9 Å². The van der Waals surface area contributed by atoms with E-state index in [9.17, 15) is 4.39 Å². The van der Waals surface area contributed by atoms with Crippen LogP contribution in [-0.4, -0.2) is 40.0 Å². The van der Waals surface area contributed by atoms with Crippen LogP contribution in [0.4, 0.5) is 4.39 Å². The zero-order chi connectivity index (χ0) is 19.4. The number of benzene rings is 2. The molecular weight excluding hydrogens is 379 g/mol. The van der Waals surface area contributed by atoms with Crippen molar-refractivity contribution in [2.45, 2.75) is 28.8 Å². The van der Waals surface area contributed by atoms with Crippen molar-refractivity contribution in [3.05, 3.63) is 65.7 Å². The van der Waals surface area contributed by atoms with Gasteiger partial charge < -0.3 is 0 Å². The molecule has 0 saturated carbocycles. The van der Waals surface area contributed by atoms with Crippen LogP contribution in [0.15, 0.2) is 58.6 Å². The van der Waals surface area contributed by atoms with Crippen LogP contribution in [-0.2, 0) is 5.75 Å². The summed E-state index contributed by atoms with van der Waals surface area (Å²) in [6, 6.07) is 15.1. The number of thioether (sulfide) groups is 2. The third-order valence-corrected chi connectivity index (χ3v) is 6.16. The van der Waals surface area contributed by atoms with E-state index in [2.05, 4.69) is 52.5 Å². The van der Waals surface area contributed by atoms with E-state index >= 15 is 0 Å². The number of nitrogens with zero attached hydrogens (tertiary/aromatic N) is 4. The number of hydrogen-bond acceptors (Lipinski definition) is 5. The van der Waals surface area contributed by atoms with Gasteiger partial charge in [0.1, 0.15) is 5.82 Å². The number of hydrogen-bond donors (Lipinski definition) is 0. The summed E-state index contributed by atoms with van der Waals surface area (Å²) in [7, 11) is 4.02. The van der Waals surface area contributed by atoms with Crippen LogP contribution in [0.2, 0.25) is 0 Å². The topological polar surface area (TPSA) is 34.0 Å². The highest BCUT2D eigenvalue weighted by Gasteiger charge is 2.21. The predicted octanol–water partition coefficient (Wildman–Crippen LogP) is 5.04. The Morgan fingerprint density at radius 1 is 1.04 bits per heavy atom. The van der Waals surface area contributed by atoms with Crippen molar-refractivity contribution in [2.24, 2.45) is 0 Å². The van der Waals surface area contributed by atoms with Crippen molar-refractivity contribution in [2.75, 3.05) is 20.4 Å². The van der Waals surface area contributed by atoms with Gasteiger partial charge in [-0.25, -0.2) is 4.39 Å². The molecule has 2 aromatic carbocycles. The second-order valence-electron chi connectivity index (χ2n) is 6.43. The fourth-order valence-electron chi connectivity index (χ4n) is 2.58. The lowest BCUT2D eigenvalue weighted by Crippen LogP contribution is -2.20. The van der Waals surface area contributed by atoms with Crippen LogP contribution in [0.5, 0.6) is 0 Å². The average molecular weight is 403 g/mol. The largest absolute Gasteiger partial charge is 0.300 e. The zero-order valence-corrected chi connectivity index (χ0v) is 17.5. The summed E-state index contributed by atoms with van der Waals surface area (Å²) in [5.74, 6) is 1.38. The van der Waals surface area contributed by atoms with Gasteiger partial charge in [0.15, 0.2) is 11.0 Å². The Bertz CT molecular complexity index is 876. The van der Waals surface area contributed by atoms with Crippen molar-refractivity contribution in [1.82, 2.24) is 19.7 Å². The molecule has 3 aromatic rings. The Morgan fingerprint density at radius 2 is 1.70 bits per heavy atom. The Labute approximate surface area is 168 Å². The van der Waals surface area contributed by atoms with Crippen LogP contribution in [0.25, 0.3) is 5.69 Å². The van der Waals surface area contributed by atoms with Crippen LogP contribution >= 0.6 is 23.5 Å². The second kappa shape index (κ2) is 8.91. The molecule has 0 saturated heterocycles. The fourth-order valence-corrected chi connectivity index (χ4v) is 3.90. The lowest BCUT2D eigenvalue weighted by molar-refractivity contribution is 0.305. The monoisotopic (exact) mass is 402 g/mol. The summed E-state index contributed by atoms with van der Waals surface area (Å²) >= 11 is 3.37. The van der Waals surface area contributed by atoms with Crippen LogP contribution < -0.4 is 0 Å². The van der Waals surface area contributed by atoms with E-state index < -0.39 is 0 Å². The first-order valence-electron chi connectivity index (χ1n) is 8.63. The minimum Gasteiger partial charge on any atom is -0.300 e. The molecule has 0 N–H and O–H groups in total. The van der Waals surface area contributed by atoms with E-state index in [1.165, 1.54) is 22.6 Å². The Balaban J connectivity index is 1.90. The molecule has 7 heteroatoms. The Morgan fingerprint density at radius 3 is 2.30 bits per heavy atom. The molecule has 0 aliphatic rings. The van der Waals surface area contributed by atoms with Gasteiger partial charge in [0.05, 0.1) is 6.04 Å². The summed E-state index contributed by atoms with van der Waals surface area (Å²) in [6.07, 6.45) is 2.07. The van der Waals surface area contributed by atoms with Gasteiger partial charge in [0.2, 0.25) is 0 Å². The van der Waals surface area contributed by atoms with Gasteiger partial charge in [0.25, 0.3) is 0 Å². The van der Waals surface area contributed by atoms with Gasteiger partial charge >= 0.3 is 0 Å². The highest BCUT2D eigenvalue weighted by atomic mass is 32.2. The summed E-state index contributed by atoms with van der Waals surface area (Å²) in [6.45, 7) is 2.08. The average Bonchev–Trinajstić information content (AvgIpc) is 3.10. The van der Waals surface area contributed by atoms with Gasteiger partial charge in [0, 0.05) is 16.3 Å². The fraction of sp³-hybridized carbons (Fsp3) is 0.300. The predicted molar refractivity (Wildman–Crippen MR) is 111 cm³/mol. The molecule has 0 aliphatic carbocycles. The van der Waals surface area contributed by atoms with E-state index in [1.807, 2.05) is 18.7 Å². The van der Waals surface area contributed by atoms with E-state index in [0.29, 0.717) is 0 Å². The smallest absolute Gasteiger partial charge is 0.196 e. The van der Waals surface area contributed by atoms with Crippen molar-refractivity contribution < 1.29 is 4.39 Å². The number of aromatic nitrogens is 3. The van der Waals surface area contributed by atoms with Crippen LogP contribution in [0.3, 0.4) is 0 Å². The normalized spacial score (nSPS) is 12.5. The lowest BCUT2D eigenvalue weighted by atomic mass is 10.2. The van der Waals surface area contributed by atoms with E-state index in [-0.39, 0.29) is 11.9 Å². The lowest BCUT2D eigenvalue weighted by Gasteiger charge is -2.20. The number of rotatable bonds is 7. The Kier molecular flexibility index (Phi) is 6.57. The zero-order valence-electron chi connectivity index (χ0n) is 15.9. The molecule has 3 rings (SSSR count). The van der Waals surface area contributed by atoms with Crippen LogP contribution in [0, 0.1) is 5.82 Å². The van der Waals surface area contributed by atoms with Crippen molar-refractivity contribution in [3.8, 4) is 5.69 Å². The highest BCUT2D eigenvalue weighted by Crippen LogP contribution is 2.29. The molecular formula is C20H23FN4S2. The first kappa shape index (κ1) is 19.9. The summed E-state index contributed by atoms with van der Waals surface area (Å²) < 4.78 is 15.4. The van der Waals surface area contributed by atoms with E-state index in [4.69, 9.17) is 0 Å². The molecule has 0 radical (unpaired) electrons. The van der Waals surface area contributed by atoms with Gasteiger partial charge in [-0.15, -0.1) is 22.0 Å². The standard InChI is InChI=1S/C20H23FN4S2/c1-14(24(2)3)19-22-23-20(25(19)17-9-7-16(21)8-10-17)27-13-15-5-11-18(26-4)12-6-15/h5-12,14H,13H2,1-4H3/t14-/m1/s1. The molecule has 1 heterocycles. The summed E-state index contributed by atoms with van der Waals surface area (Å²) in [4.78, 5) is 3.33. The minimum absolute atomic E-state index is 0.0813. The second-order valence-corrected chi connectivity index (χ2v) is 8.25. The molecule has 0 bridgehead atoms. The van der Waals surface area contributed by atoms with Gasteiger partial charge in [-0.05, 0) is 69.2 Å². The van der Waals surface area contributed by atoms with Crippen LogP contribution in [0.1, 0.15) is 24.4 Å². The van der Waals surface area contributed by atoms with E-state index in [1.54, 1.807) is 35.7 Å². The maximum Gasteiger partial charge on any atom is 0.196 e. The van der Waals surface area contributed by atoms with Crippen molar-refractivity contribution >= 4 is 23.5 Å².